The van der Waals surface area contributed by atoms with Crippen molar-refractivity contribution in [1.29, 1.82) is 0 Å². The SMILES string of the molecule is C[Si]1(C)c2ccccc2-c2ccc3c(oc4c(-c5ccccn5)[c-]ccc43)c21.[CH3][Ge]([CH3])([CH3])[c]1ccc(-c2[c-]cccc2)nc1.[Ir]. The second-order valence-corrected chi connectivity index (χ2v) is 27.8. The summed E-state index contributed by atoms with van der Waals surface area (Å²) in [7, 11) is -1.83. The van der Waals surface area contributed by atoms with Gasteiger partial charge in [0.05, 0.1) is 5.58 Å². The van der Waals surface area contributed by atoms with Crippen molar-refractivity contribution in [3.63, 3.8) is 0 Å². The number of nitrogens with zero attached hydrogens (tertiary/aromatic N) is 2. The Hall–Kier alpha value is -3.61. The van der Waals surface area contributed by atoms with Crippen molar-refractivity contribution in [2.45, 2.75) is 30.4 Å². The zero-order chi connectivity index (χ0) is 30.5. The summed E-state index contributed by atoms with van der Waals surface area (Å²) in [5.41, 5.74) is 8.52. The Morgan fingerprint density at radius 3 is 2.16 bits per heavy atom. The van der Waals surface area contributed by atoms with Crippen LogP contribution in [-0.2, 0) is 20.1 Å². The Morgan fingerprint density at radius 1 is 0.667 bits per heavy atom. The van der Waals surface area contributed by atoms with Crippen LogP contribution < -0.4 is 14.8 Å². The zero-order valence-electron chi connectivity index (χ0n) is 26.1. The van der Waals surface area contributed by atoms with Gasteiger partial charge in [-0.15, -0.1) is 18.2 Å². The average Bonchev–Trinajstić information content (AvgIpc) is 3.54. The number of pyridine rings is 2. The number of furan rings is 1. The molecule has 0 atom stereocenters. The van der Waals surface area contributed by atoms with Crippen LogP contribution in [0.15, 0.2) is 120 Å². The number of aromatic nitrogens is 2. The quantitative estimate of drug-likeness (QED) is 0.133. The molecule has 0 unspecified atom stereocenters. The molecule has 0 amide bonds. The van der Waals surface area contributed by atoms with Crippen LogP contribution in [0.1, 0.15) is 0 Å². The van der Waals surface area contributed by atoms with Gasteiger partial charge in [-0.25, -0.2) is 0 Å². The monoisotopic (exact) mass is 841 g/mol. The molecular weight excluding hydrogens is 805 g/mol. The molecule has 1 radical (unpaired) electrons. The minimum Gasteiger partial charge on any atom is 0 e. The molecule has 0 fully saturated rings. The number of rotatable bonds is 3. The number of hydrogen-bond donors (Lipinski definition) is 0. The number of benzene rings is 4. The normalized spacial score (nSPS) is 13.0. The largest absolute Gasteiger partial charge is 0 e. The minimum absolute atomic E-state index is 0. The van der Waals surface area contributed by atoms with E-state index in [2.05, 4.69) is 107 Å². The fraction of sp³-hybridized carbons (Fsp3) is 0.128. The van der Waals surface area contributed by atoms with Gasteiger partial charge in [0.1, 0.15) is 13.7 Å². The third-order valence-electron chi connectivity index (χ3n) is 8.65. The predicted octanol–water partition coefficient (Wildman–Crippen LogP) is 8.34. The van der Waals surface area contributed by atoms with E-state index in [9.17, 15) is 0 Å². The molecule has 0 spiro atoms. The Kier molecular flexibility index (Phi) is 8.57. The second-order valence-electron chi connectivity index (χ2n) is 12.9. The van der Waals surface area contributed by atoms with Gasteiger partial charge in [0.25, 0.3) is 0 Å². The van der Waals surface area contributed by atoms with Gasteiger partial charge in [0.15, 0.2) is 0 Å². The summed E-state index contributed by atoms with van der Waals surface area (Å²) in [6.45, 7) is 4.85. The molecule has 3 aromatic heterocycles. The van der Waals surface area contributed by atoms with Crippen LogP contribution in [0.5, 0.6) is 0 Å². The smallest absolute Gasteiger partial charge is 0 e. The Labute approximate surface area is 282 Å². The van der Waals surface area contributed by atoms with Gasteiger partial charge in [-0.1, -0.05) is 72.6 Å². The van der Waals surface area contributed by atoms with Gasteiger partial charge >= 0.3 is 99.8 Å². The van der Waals surface area contributed by atoms with Gasteiger partial charge in [-0.3, -0.25) is 0 Å². The van der Waals surface area contributed by atoms with E-state index in [1.807, 2.05) is 60.9 Å². The molecule has 4 heterocycles. The van der Waals surface area contributed by atoms with Crippen LogP contribution in [0.25, 0.3) is 55.6 Å². The molecule has 3 nitrogen and oxygen atoms in total. The first kappa shape index (κ1) is 31.4. The van der Waals surface area contributed by atoms with Gasteiger partial charge in [0, 0.05) is 31.7 Å². The Morgan fingerprint density at radius 2 is 1.44 bits per heavy atom. The first-order chi connectivity index (χ1) is 21.2. The molecule has 1 aliphatic heterocycles. The van der Waals surface area contributed by atoms with Crippen molar-refractivity contribution in [3.8, 4) is 33.6 Å². The molecule has 0 saturated heterocycles. The molecule has 0 bridgehead atoms. The zero-order valence-corrected chi connectivity index (χ0v) is 31.6. The molecule has 8 rings (SSSR count). The van der Waals surface area contributed by atoms with Crippen LogP contribution in [0, 0.1) is 12.1 Å². The standard InChI is InChI=1S/C25H18NOSi.C14H16GeN.Ir/c1-28(2)22-12-4-3-8-16(22)19-14-13-18-17-9-7-10-20(21-11-5-6-15-26-21)23(17)27-24(18)25(19)28;1-15(2,3)13-9-10-14(16-11-13)12-7-5-4-6-8-12;/h3-9,11-15H,1-2H3;4-7,9-11H,1-3H3;/q2*-1;. The second kappa shape index (κ2) is 12.3. The van der Waals surface area contributed by atoms with E-state index in [0.29, 0.717) is 0 Å². The summed E-state index contributed by atoms with van der Waals surface area (Å²) < 4.78 is 8.06. The predicted molar refractivity (Wildman–Crippen MR) is 189 cm³/mol. The van der Waals surface area contributed by atoms with Crippen molar-refractivity contribution < 1.29 is 24.5 Å². The summed E-state index contributed by atoms with van der Waals surface area (Å²) in [5.74, 6) is 7.14. The van der Waals surface area contributed by atoms with Gasteiger partial charge in [-0.05, 0) is 33.3 Å². The Bertz CT molecular complexity index is 2120. The van der Waals surface area contributed by atoms with Crippen LogP contribution in [0.3, 0.4) is 0 Å². The molecule has 0 saturated carbocycles. The van der Waals surface area contributed by atoms with Crippen molar-refractivity contribution in [2.75, 3.05) is 0 Å². The molecule has 0 aliphatic carbocycles. The van der Waals surface area contributed by atoms with Crippen molar-refractivity contribution in [1.82, 2.24) is 9.97 Å². The summed E-state index contributed by atoms with van der Waals surface area (Å²) in [5, 5.41) is 5.23. The van der Waals surface area contributed by atoms with Crippen molar-refractivity contribution in [2.24, 2.45) is 0 Å². The van der Waals surface area contributed by atoms with Crippen LogP contribution in [-0.4, -0.2) is 31.3 Å². The molecular formula is C39H34GeIrN2OSi-2. The average molecular weight is 840 g/mol. The summed E-state index contributed by atoms with van der Waals surface area (Å²) >= 11 is -1.72. The maximum atomic E-state index is 6.61. The third-order valence-corrected chi connectivity index (χ3v) is 16.4. The molecule has 4 aromatic carbocycles. The first-order valence-electron chi connectivity index (χ1n) is 15.1. The van der Waals surface area contributed by atoms with E-state index in [1.54, 1.807) is 0 Å². The van der Waals surface area contributed by atoms with E-state index < -0.39 is 21.3 Å². The maximum absolute atomic E-state index is 6.61. The topological polar surface area (TPSA) is 38.9 Å². The third kappa shape index (κ3) is 5.68. The summed E-state index contributed by atoms with van der Waals surface area (Å²) in [6, 6.07) is 42.2. The molecule has 6 heteroatoms. The van der Waals surface area contributed by atoms with Gasteiger partial charge < -0.3 is 9.40 Å². The van der Waals surface area contributed by atoms with Crippen molar-refractivity contribution >= 4 is 58.0 Å². The molecule has 45 heavy (non-hydrogen) atoms. The molecule has 0 N–H and O–H groups in total. The minimum atomic E-state index is -1.83. The summed E-state index contributed by atoms with van der Waals surface area (Å²) in [4.78, 5) is 9.05. The molecule has 1 aliphatic rings. The van der Waals surface area contributed by atoms with Crippen LogP contribution in [0.2, 0.25) is 30.4 Å². The maximum Gasteiger partial charge on any atom is 0 e. The van der Waals surface area contributed by atoms with Gasteiger partial charge in [0.2, 0.25) is 0 Å². The fourth-order valence-corrected chi connectivity index (χ4v) is 11.8. The van der Waals surface area contributed by atoms with E-state index >= 15 is 0 Å². The van der Waals surface area contributed by atoms with Crippen LogP contribution >= 0.6 is 0 Å². The Balaban J connectivity index is 0.000000181. The van der Waals surface area contributed by atoms with E-state index in [4.69, 9.17) is 4.42 Å². The van der Waals surface area contributed by atoms with E-state index in [-0.39, 0.29) is 20.1 Å². The van der Waals surface area contributed by atoms with Crippen molar-refractivity contribution in [3.05, 3.63) is 128 Å². The van der Waals surface area contributed by atoms with Crippen LogP contribution in [0.4, 0.5) is 0 Å². The van der Waals surface area contributed by atoms with E-state index in [1.165, 1.54) is 31.3 Å². The fourth-order valence-electron chi connectivity index (χ4n) is 6.30. The van der Waals surface area contributed by atoms with E-state index in [0.717, 1.165) is 39.1 Å². The first-order valence-corrected chi connectivity index (χ1v) is 25.4. The summed E-state index contributed by atoms with van der Waals surface area (Å²) in [6.07, 6.45) is 3.85. The number of hydrogen-bond acceptors (Lipinski definition) is 3. The van der Waals surface area contributed by atoms with Gasteiger partial charge in [-0.2, -0.15) is 0 Å². The molecule has 7 aromatic rings. The number of fused-ring (bicyclic) bond motifs is 7. The molecule has 225 valence electrons.